The Labute approximate surface area is 123 Å². The van der Waals surface area contributed by atoms with Crippen molar-refractivity contribution in [1.82, 2.24) is 9.97 Å². The second kappa shape index (κ2) is 6.09. The lowest BCUT2D eigenvalue weighted by Crippen LogP contribution is -2.29. The molecule has 0 bridgehead atoms. The molecule has 1 aliphatic heterocycles. The molecule has 0 radical (unpaired) electrons. The zero-order valence-electron chi connectivity index (χ0n) is 11.2. The summed E-state index contributed by atoms with van der Waals surface area (Å²) in [5, 5.41) is 3.59. The number of aromatic nitrogens is 2. The SMILES string of the molecule is Clc1cncc(Nc2ccc(N3CCCCC3)cc2)n1. The summed E-state index contributed by atoms with van der Waals surface area (Å²) in [6.07, 6.45) is 7.11. The molecule has 104 valence electrons. The van der Waals surface area contributed by atoms with Crippen molar-refractivity contribution in [2.45, 2.75) is 19.3 Å². The number of nitrogens with zero attached hydrogens (tertiary/aromatic N) is 3. The van der Waals surface area contributed by atoms with Crippen LogP contribution in [-0.2, 0) is 0 Å². The number of halogens is 1. The van der Waals surface area contributed by atoms with E-state index in [1.165, 1.54) is 31.1 Å². The van der Waals surface area contributed by atoms with Crippen LogP contribution in [-0.4, -0.2) is 23.1 Å². The second-order valence-corrected chi connectivity index (χ2v) is 5.33. The van der Waals surface area contributed by atoms with Crippen LogP contribution >= 0.6 is 11.6 Å². The van der Waals surface area contributed by atoms with E-state index in [0.29, 0.717) is 11.0 Å². The molecule has 0 amide bonds. The van der Waals surface area contributed by atoms with Crippen LogP contribution in [0.2, 0.25) is 5.15 Å². The molecule has 0 aliphatic carbocycles. The molecule has 1 fully saturated rings. The van der Waals surface area contributed by atoms with Crippen LogP contribution in [0.25, 0.3) is 0 Å². The predicted molar refractivity (Wildman–Crippen MR) is 82.8 cm³/mol. The van der Waals surface area contributed by atoms with Gasteiger partial charge in [0.15, 0.2) is 5.82 Å². The van der Waals surface area contributed by atoms with Crippen molar-refractivity contribution in [3.8, 4) is 0 Å². The summed E-state index contributed by atoms with van der Waals surface area (Å²) in [6.45, 7) is 2.32. The molecule has 2 heterocycles. The first-order valence-electron chi connectivity index (χ1n) is 6.91. The first kappa shape index (κ1) is 13.2. The Morgan fingerprint density at radius 2 is 1.75 bits per heavy atom. The maximum Gasteiger partial charge on any atom is 0.150 e. The zero-order chi connectivity index (χ0) is 13.8. The van der Waals surface area contributed by atoms with Crippen molar-refractivity contribution in [3.05, 3.63) is 41.8 Å². The van der Waals surface area contributed by atoms with Gasteiger partial charge in [0.1, 0.15) is 5.15 Å². The van der Waals surface area contributed by atoms with E-state index in [-0.39, 0.29) is 0 Å². The molecule has 3 rings (SSSR count). The number of hydrogen-bond donors (Lipinski definition) is 1. The fraction of sp³-hybridized carbons (Fsp3) is 0.333. The van der Waals surface area contributed by atoms with Crippen LogP contribution in [0.3, 0.4) is 0 Å². The Balaban J connectivity index is 1.69. The van der Waals surface area contributed by atoms with Crippen LogP contribution in [0.15, 0.2) is 36.7 Å². The van der Waals surface area contributed by atoms with E-state index < -0.39 is 0 Å². The van der Waals surface area contributed by atoms with Gasteiger partial charge in [-0.3, -0.25) is 4.98 Å². The monoisotopic (exact) mass is 288 g/mol. The standard InChI is InChI=1S/C15H17ClN4/c16-14-10-17-11-15(19-14)18-12-4-6-13(7-5-12)20-8-2-1-3-9-20/h4-7,10-11H,1-3,8-9H2,(H,18,19). The first-order chi connectivity index (χ1) is 9.81. The molecular weight excluding hydrogens is 272 g/mol. The smallest absolute Gasteiger partial charge is 0.150 e. The minimum absolute atomic E-state index is 0.389. The third-order valence-electron chi connectivity index (χ3n) is 3.47. The number of benzene rings is 1. The molecule has 1 saturated heterocycles. The Hall–Kier alpha value is -1.81. The highest BCUT2D eigenvalue weighted by molar-refractivity contribution is 6.29. The Kier molecular flexibility index (Phi) is 4.02. The Morgan fingerprint density at radius 1 is 1.00 bits per heavy atom. The molecule has 4 nitrogen and oxygen atoms in total. The van der Waals surface area contributed by atoms with Gasteiger partial charge in [0.2, 0.25) is 0 Å². The van der Waals surface area contributed by atoms with Gasteiger partial charge in [-0.1, -0.05) is 11.6 Å². The van der Waals surface area contributed by atoms with Gasteiger partial charge < -0.3 is 10.2 Å². The van der Waals surface area contributed by atoms with Crippen LogP contribution in [0.4, 0.5) is 17.2 Å². The quantitative estimate of drug-likeness (QED) is 0.931. The van der Waals surface area contributed by atoms with E-state index in [0.717, 1.165) is 18.8 Å². The molecule has 1 aromatic carbocycles. The predicted octanol–water partition coefficient (Wildman–Crippen LogP) is 3.86. The molecule has 5 heteroatoms. The zero-order valence-corrected chi connectivity index (χ0v) is 12.0. The van der Waals surface area contributed by atoms with E-state index >= 15 is 0 Å². The third kappa shape index (κ3) is 3.20. The maximum absolute atomic E-state index is 5.82. The summed E-state index contributed by atoms with van der Waals surface area (Å²) >= 11 is 5.82. The molecule has 0 atom stereocenters. The number of anilines is 3. The molecule has 1 aliphatic rings. The fourth-order valence-electron chi connectivity index (χ4n) is 2.46. The molecule has 1 N–H and O–H groups in total. The van der Waals surface area contributed by atoms with Gasteiger partial charge in [-0.05, 0) is 43.5 Å². The summed E-state index contributed by atoms with van der Waals surface area (Å²) in [6, 6.07) is 8.41. The van der Waals surface area contributed by atoms with Gasteiger partial charge >= 0.3 is 0 Å². The highest BCUT2D eigenvalue weighted by Crippen LogP contribution is 2.23. The summed E-state index contributed by atoms with van der Waals surface area (Å²) in [5.74, 6) is 0.656. The van der Waals surface area contributed by atoms with E-state index in [4.69, 9.17) is 11.6 Å². The van der Waals surface area contributed by atoms with Crippen LogP contribution in [0.1, 0.15) is 19.3 Å². The molecule has 20 heavy (non-hydrogen) atoms. The van der Waals surface area contributed by atoms with Crippen molar-refractivity contribution < 1.29 is 0 Å². The lowest BCUT2D eigenvalue weighted by atomic mass is 10.1. The van der Waals surface area contributed by atoms with E-state index in [9.17, 15) is 0 Å². The van der Waals surface area contributed by atoms with Gasteiger partial charge in [0.05, 0.1) is 12.4 Å². The second-order valence-electron chi connectivity index (χ2n) is 4.95. The van der Waals surface area contributed by atoms with Crippen LogP contribution < -0.4 is 10.2 Å². The molecule has 1 aromatic heterocycles. The Morgan fingerprint density at radius 3 is 2.45 bits per heavy atom. The topological polar surface area (TPSA) is 41.1 Å². The number of nitrogens with one attached hydrogen (secondary N) is 1. The summed E-state index contributed by atoms with van der Waals surface area (Å²) in [5.41, 5.74) is 2.27. The van der Waals surface area contributed by atoms with Crippen molar-refractivity contribution in [3.63, 3.8) is 0 Å². The number of rotatable bonds is 3. The summed E-state index contributed by atoms with van der Waals surface area (Å²) in [7, 11) is 0. The summed E-state index contributed by atoms with van der Waals surface area (Å²) < 4.78 is 0. The minimum Gasteiger partial charge on any atom is -0.372 e. The van der Waals surface area contributed by atoms with Crippen molar-refractivity contribution >= 4 is 28.8 Å². The van der Waals surface area contributed by atoms with E-state index in [1.807, 2.05) is 0 Å². The highest BCUT2D eigenvalue weighted by atomic mass is 35.5. The van der Waals surface area contributed by atoms with Gasteiger partial charge in [0, 0.05) is 24.5 Å². The normalized spacial score (nSPS) is 15.2. The summed E-state index contributed by atoms with van der Waals surface area (Å²) in [4.78, 5) is 10.6. The fourth-order valence-corrected chi connectivity index (χ4v) is 2.61. The average Bonchev–Trinajstić information content (AvgIpc) is 2.49. The van der Waals surface area contributed by atoms with Crippen LogP contribution in [0, 0.1) is 0 Å². The van der Waals surface area contributed by atoms with Gasteiger partial charge in [-0.15, -0.1) is 0 Å². The number of hydrogen-bond acceptors (Lipinski definition) is 4. The van der Waals surface area contributed by atoms with E-state index in [1.54, 1.807) is 6.20 Å². The van der Waals surface area contributed by atoms with E-state index in [2.05, 4.69) is 44.5 Å². The van der Waals surface area contributed by atoms with Crippen molar-refractivity contribution in [2.75, 3.05) is 23.3 Å². The minimum atomic E-state index is 0.389. The number of piperidine rings is 1. The molecular formula is C15H17ClN4. The molecule has 0 spiro atoms. The van der Waals surface area contributed by atoms with Gasteiger partial charge in [-0.2, -0.15) is 0 Å². The van der Waals surface area contributed by atoms with Gasteiger partial charge in [0.25, 0.3) is 0 Å². The van der Waals surface area contributed by atoms with Crippen molar-refractivity contribution in [1.29, 1.82) is 0 Å². The van der Waals surface area contributed by atoms with Crippen LogP contribution in [0.5, 0.6) is 0 Å². The maximum atomic E-state index is 5.82. The average molecular weight is 289 g/mol. The molecule has 0 saturated carbocycles. The third-order valence-corrected chi connectivity index (χ3v) is 3.65. The Bertz CT molecular complexity index is 564. The first-order valence-corrected chi connectivity index (χ1v) is 7.29. The lowest BCUT2D eigenvalue weighted by Gasteiger charge is -2.28. The van der Waals surface area contributed by atoms with Gasteiger partial charge in [-0.25, -0.2) is 4.98 Å². The molecule has 2 aromatic rings. The van der Waals surface area contributed by atoms with Crippen molar-refractivity contribution in [2.24, 2.45) is 0 Å². The lowest BCUT2D eigenvalue weighted by molar-refractivity contribution is 0.578. The molecule has 0 unspecified atom stereocenters. The highest BCUT2D eigenvalue weighted by Gasteiger charge is 2.10. The largest absolute Gasteiger partial charge is 0.372 e.